The quantitative estimate of drug-likeness (QED) is 0.835. The van der Waals surface area contributed by atoms with Crippen LogP contribution in [0, 0.1) is 0 Å². The summed E-state index contributed by atoms with van der Waals surface area (Å²) in [7, 11) is -3.42. The van der Waals surface area contributed by atoms with Crippen LogP contribution in [0.25, 0.3) is 0 Å². The van der Waals surface area contributed by atoms with E-state index in [1.54, 1.807) is 13.8 Å². The zero-order valence-electron chi connectivity index (χ0n) is 9.84. The first-order valence-electron chi connectivity index (χ1n) is 5.49. The molecule has 0 spiro atoms. The van der Waals surface area contributed by atoms with Crippen molar-refractivity contribution in [3.63, 3.8) is 0 Å². The van der Waals surface area contributed by atoms with Crippen molar-refractivity contribution in [2.45, 2.75) is 42.4 Å². The van der Waals surface area contributed by atoms with Crippen molar-refractivity contribution >= 4 is 9.84 Å². The van der Waals surface area contributed by atoms with Crippen molar-refractivity contribution in [3.05, 3.63) is 23.8 Å². The summed E-state index contributed by atoms with van der Waals surface area (Å²) in [5.41, 5.74) is -0.559. The molecule has 1 aliphatic heterocycles. The molecule has 2 rings (SSSR count). The summed E-state index contributed by atoms with van der Waals surface area (Å²) in [6, 6.07) is 4.52. The first kappa shape index (κ1) is 12.4. The minimum absolute atomic E-state index is 0.0179. The molecule has 1 atom stereocenters. The molecule has 0 radical (unpaired) electrons. The molecule has 0 saturated carbocycles. The van der Waals surface area contributed by atoms with Gasteiger partial charge >= 0.3 is 0 Å². The fourth-order valence-electron chi connectivity index (χ4n) is 2.28. The van der Waals surface area contributed by atoms with Gasteiger partial charge in [-0.15, -0.1) is 0 Å². The van der Waals surface area contributed by atoms with Gasteiger partial charge in [-0.25, -0.2) is 8.42 Å². The Morgan fingerprint density at radius 2 is 2.06 bits per heavy atom. The predicted molar refractivity (Wildman–Crippen MR) is 63.7 cm³/mol. The normalized spacial score (nSPS) is 22.4. The zero-order chi connectivity index (χ0) is 12.8. The topological polar surface area (TPSA) is 74.6 Å². The largest absolute Gasteiger partial charge is 0.508 e. The van der Waals surface area contributed by atoms with E-state index in [2.05, 4.69) is 0 Å². The summed E-state index contributed by atoms with van der Waals surface area (Å²) < 4.78 is 24.4. The lowest BCUT2D eigenvalue weighted by atomic mass is 9.98. The summed E-state index contributed by atoms with van der Waals surface area (Å²) in [5.74, 6) is 0.0179. The molecule has 0 fully saturated rings. The third kappa shape index (κ3) is 2.17. The molecule has 0 aromatic heterocycles. The average Bonchev–Trinajstić information content (AvgIpc) is 2.39. The van der Waals surface area contributed by atoms with Gasteiger partial charge in [-0.1, -0.05) is 6.07 Å². The fraction of sp³-hybridized carbons (Fsp3) is 0.500. The number of aliphatic hydroxyl groups is 1. The van der Waals surface area contributed by atoms with Crippen LogP contribution in [-0.4, -0.2) is 29.5 Å². The third-order valence-electron chi connectivity index (χ3n) is 3.01. The van der Waals surface area contributed by atoms with Gasteiger partial charge in [0.05, 0.1) is 15.7 Å². The first-order chi connectivity index (χ1) is 7.72. The standard InChI is InChI=1S/C12H16O4S/c1-12(2,14)7-8-6-9-10(13)4-3-5-11(9)17(8,15)16/h3-5,8,13-14H,6-7H2,1-2H3. The molecule has 5 heteroatoms. The smallest absolute Gasteiger partial charge is 0.182 e. The maximum absolute atomic E-state index is 12.2. The molecule has 1 aromatic carbocycles. The average molecular weight is 256 g/mol. The molecule has 1 unspecified atom stereocenters. The number of hydrogen-bond acceptors (Lipinski definition) is 4. The van der Waals surface area contributed by atoms with Crippen molar-refractivity contribution in [2.24, 2.45) is 0 Å². The van der Waals surface area contributed by atoms with Crippen LogP contribution in [-0.2, 0) is 16.3 Å². The van der Waals surface area contributed by atoms with E-state index in [0.717, 1.165) is 0 Å². The number of benzene rings is 1. The number of hydrogen-bond donors (Lipinski definition) is 2. The summed E-state index contributed by atoms with van der Waals surface area (Å²) in [6.07, 6.45) is 0.442. The van der Waals surface area contributed by atoms with E-state index in [1.807, 2.05) is 0 Å². The Hall–Kier alpha value is -1.07. The van der Waals surface area contributed by atoms with Gasteiger partial charge < -0.3 is 10.2 Å². The number of aromatic hydroxyl groups is 1. The molecule has 4 nitrogen and oxygen atoms in total. The van der Waals surface area contributed by atoms with E-state index >= 15 is 0 Å². The van der Waals surface area contributed by atoms with Gasteiger partial charge in [0.1, 0.15) is 5.75 Å². The SMILES string of the molecule is CC(C)(O)CC1Cc2c(O)cccc2S1(=O)=O. The highest BCUT2D eigenvalue weighted by atomic mass is 32.2. The molecule has 0 aliphatic carbocycles. The van der Waals surface area contributed by atoms with Crippen molar-refractivity contribution in [3.8, 4) is 5.75 Å². The third-order valence-corrected chi connectivity index (χ3v) is 5.22. The van der Waals surface area contributed by atoms with Crippen LogP contribution in [0.15, 0.2) is 23.1 Å². The van der Waals surface area contributed by atoms with Gasteiger partial charge in [-0.3, -0.25) is 0 Å². The molecule has 1 heterocycles. The van der Waals surface area contributed by atoms with Crippen molar-refractivity contribution < 1.29 is 18.6 Å². The van der Waals surface area contributed by atoms with E-state index in [0.29, 0.717) is 5.56 Å². The minimum atomic E-state index is -3.42. The van der Waals surface area contributed by atoms with Gasteiger partial charge in [0.15, 0.2) is 9.84 Å². The molecule has 1 aliphatic rings. The number of rotatable bonds is 2. The second-order valence-corrected chi connectivity index (χ2v) is 7.34. The van der Waals surface area contributed by atoms with Crippen LogP contribution in [0.4, 0.5) is 0 Å². The number of fused-ring (bicyclic) bond motifs is 1. The summed E-state index contributed by atoms with van der Waals surface area (Å²) in [5, 5.41) is 18.7. The Labute approximate surface area is 101 Å². The highest BCUT2D eigenvalue weighted by Crippen LogP contribution is 2.39. The van der Waals surface area contributed by atoms with Crippen LogP contribution < -0.4 is 0 Å². The summed E-state index contributed by atoms with van der Waals surface area (Å²) in [6.45, 7) is 3.18. The van der Waals surface area contributed by atoms with Crippen LogP contribution in [0.1, 0.15) is 25.8 Å². The van der Waals surface area contributed by atoms with E-state index in [-0.39, 0.29) is 23.5 Å². The fourth-order valence-corrected chi connectivity index (χ4v) is 4.45. The Kier molecular flexibility index (Phi) is 2.71. The highest BCUT2D eigenvalue weighted by Gasteiger charge is 2.40. The van der Waals surface area contributed by atoms with E-state index in [4.69, 9.17) is 0 Å². The second-order valence-electron chi connectivity index (χ2n) is 5.14. The van der Waals surface area contributed by atoms with Crippen LogP contribution in [0.2, 0.25) is 0 Å². The first-order valence-corrected chi connectivity index (χ1v) is 7.03. The Morgan fingerprint density at radius 3 is 2.59 bits per heavy atom. The van der Waals surface area contributed by atoms with Gasteiger partial charge in [-0.05, 0) is 38.8 Å². The predicted octanol–water partition coefficient (Wildman–Crippen LogP) is 1.25. The molecule has 17 heavy (non-hydrogen) atoms. The van der Waals surface area contributed by atoms with E-state index in [9.17, 15) is 18.6 Å². The maximum Gasteiger partial charge on any atom is 0.182 e. The lowest BCUT2D eigenvalue weighted by Crippen LogP contribution is -2.30. The zero-order valence-corrected chi connectivity index (χ0v) is 10.7. The van der Waals surface area contributed by atoms with Gasteiger partial charge in [0, 0.05) is 5.56 Å². The molecule has 94 valence electrons. The summed E-state index contributed by atoms with van der Waals surface area (Å²) >= 11 is 0. The Morgan fingerprint density at radius 1 is 1.41 bits per heavy atom. The number of sulfone groups is 1. The number of phenolic OH excluding ortho intramolecular Hbond substituents is 1. The highest BCUT2D eigenvalue weighted by molar-refractivity contribution is 7.92. The van der Waals surface area contributed by atoms with Crippen molar-refractivity contribution in [2.75, 3.05) is 0 Å². The van der Waals surface area contributed by atoms with Crippen LogP contribution in [0.5, 0.6) is 5.75 Å². The van der Waals surface area contributed by atoms with Crippen molar-refractivity contribution in [1.29, 1.82) is 0 Å². The van der Waals surface area contributed by atoms with Crippen LogP contribution in [0.3, 0.4) is 0 Å². The van der Waals surface area contributed by atoms with Crippen molar-refractivity contribution in [1.82, 2.24) is 0 Å². The lowest BCUT2D eigenvalue weighted by molar-refractivity contribution is 0.0701. The molecular formula is C12H16O4S. The molecule has 0 amide bonds. The molecule has 0 bridgehead atoms. The van der Waals surface area contributed by atoms with Crippen LogP contribution >= 0.6 is 0 Å². The van der Waals surface area contributed by atoms with Gasteiger partial charge in [0.25, 0.3) is 0 Å². The molecular weight excluding hydrogens is 240 g/mol. The van der Waals surface area contributed by atoms with Gasteiger partial charge in [-0.2, -0.15) is 0 Å². The number of phenols is 1. The molecule has 1 aromatic rings. The minimum Gasteiger partial charge on any atom is -0.508 e. The Bertz CT molecular complexity index is 540. The lowest BCUT2D eigenvalue weighted by Gasteiger charge is -2.20. The maximum atomic E-state index is 12.2. The van der Waals surface area contributed by atoms with E-state index in [1.165, 1.54) is 18.2 Å². The summed E-state index contributed by atoms with van der Waals surface area (Å²) in [4.78, 5) is 0.201. The van der Waals surface area contributed by atoms with E-state index < -0.39 is 20.7 Å². The molecule has 2 N–H and O–H groups in total. The Balaban J connectivity index is 2.44. The monoisotopic (exact) mass is 256 g/mol. The second kappa shape index (κ2) is 3.71. The molecule has 0 saturated heterocycles. The van der Waals surface area contributed by atoms with Gasteiger partial charge in [0.2, 0.25) is 0 Å².